The Balaban J connectivity index is 1.37. The largest absolute Gasteiger partial charge is 0.495 e. The molecule has 170 valence electrons. The monoisotopic (exact) mass is 466 g/mol. The first-order valence-electron chi connectivity index (χ1n) is 10.5. The Morgan fingerprint density at radius 2 is 2.00 bits per heavy atom. The number of H-pyrrole nitrogens is 1. The molecule has 1 aliphatic heterocycles. The Bertz CT molecular complexity index is 1330. The van der Waals surface area contributed by atoms with Crippen LogP contribution in [-0.2, 0) is 11.8 Å². The molecule has 4 aromatic rings. The van der Waals surface area contributed by atoms with Gasteiger partial charge in [-0.15, -0.1) is 0 Å². The number of nitrogens with one attached hydrogen (secondary N) is 2. The average molecular weight is 467 g/mol. The lowest BCUT2D eigenvalue weighted by atomic mass is 10.2. The molecule has 0 saturated carbocycles. The predicted octanol–water partition coefficient (Wildman–Crippen LogP) is 3.71. The molecule has 0 radical (unpaired) electrons. The summed E-state index contributed by atoms with van der Waals surface area (Å²) in [5.74, 6) is 1.28. The van der Waals surface area contributed by atoms with Crippen LogP contribution in [0.1, 0.15) is 10.4 Å². The Morgan fingerprint density at radius 1 is 1.18 bits per heavy atom. The normalized spacial score (nSPS) is 14.0. The van der Waals surface area contributed by atoms with Gasteiger partial charge in [-0.25, -0.2) is 4.98 Å². The number of rotatable bonds is 5. The summed E-state index contributed by atoms with van der Waals surface area (Å²) in [6.45, 7) is 3.20. The molecule has 33 heavy (non-hydrogen) atoms. The zero-order valence-electron chi connectivity index (χ0n) is 18.3. The van der Waals surface area contributed by atoms with Crippen LogP contribution in [-0.4, -0.2) is 59.1 Å². The number of imidazole rings is 1. The molecule has 0 unspecified atom stereocenters. The molecule has 3 heterocycles. The van der Waals surface area contributed by atoms with E-state index in [1.165, 1.54) is 7.11 Å². The maximum Gasteiger partial charge on any atom is 0.256 e. The molecule has 1 aliphatic rings. The number of hydrogen-bond acceptors (Lipinski definition) is 6. The van der Waals surface area contributed by atoms with Crippen molar-refractivity contribution in [2.24, 2.45) is 7.05 Å². The molecule has 10 heteroatoms. The number of morpholine rings is 1. The van der Waals surface area contributed by atoms with Gasteiger partial charge >= 0.3 is 0 Å². The van der Waals surface area contributed by atoms with Crippen LogP contribution in [0.4, 0.5) is 11.5 Å². The van der Waals surface area contributed by atoms with E-state index in [-0.39, 0.29) is 5.91 Å². The van der Waals surface area contributed by atoms with Crippen LogP contribution in [0.2, 0.25) is 5.02 Å². The molecule has 1 amide bonds. The number of anilines is 2. The fourth-order valence-corrected chi connectivity index (χ4v) is 4.14. The SMILES string of the molecule is COc1ccc(C(=O)Nc2cc(-c3nc4cc(N5CCOCC5)ccc4[nH]3)n(C)n2)cc1Cl. The van der Waals surface area contributed by atoms with Crippen LogP contribution in [0, 0.1) is 0 Å². The molecule has 0 atom stereocenters. The van der Waals surface area contributed by atoms with Gasteiger partial charge in [0.1, 0.15) is 11.4 Å². The van der Waals surface area contributed by atoms with E-state index in [1.54, 1.807) is 28.9 Å². The van der Waals surface area contributed by atoms with Crippen LogP contribution in [0.25, 0.3) is 22.6 Å². The van der Waals surface area contributed by atoms with Crippen LogP contribution in [0.15, 0.2) is 42.5 Å². The number of hydrogen-bond donors (Lipinski definition) is 2. The van der Waals surface area contributed by atoms with Crippen molar-refractivity contribution in [3.63, 3.8) is 0 Å². The summed E-state index contributed by atoms with van der Waals surface area (Å²) < 4.78 is 12.3. The second kappa shape index (κ2) is 8.76. The average Bonchev–Trinajstić information content (AvgIpc) is 3.41. The third-order valence-electron chi connectivity index (χ3n) is 5.62. The summed E-state index contributed by atoms with van der Waals surface area (Å²) in [6, 6.07) is 12.8. The number of aromatic nitrogens is 4. The van der Waals surface area contributed by atoms with Gasteiger partial charge in [0.2, 0.25) is 0 Å². The molecular formula is C23H23ClN6O3. The summed E-state index contributed by atoms with van der Waals surface area (Å²) in [7, 11) is 3.33. The standard InChI is InChI=1S/C23H23ClN6O3/c1-29-19(13-21(28-29)27-23(31)14-3-6-20(32-2)16(24)11-14)22-25-17-5-4-15(12-18(17)26-22)30-7-9-33-10-8-30/h3-6,11-13H,7-10H2,1-2H3,(H,25,26)(H,27,28,31). The molecule has 0 aliphatic carbocycles. The van der Waals surface area contributed by atoms with Gasteiger partial charge in [-0.05, 0) is 36.4 Å². The van der Waals surface area contributed by atoms with Gasteiger partial charge in [0, 0.05) is 37.5 Å². The number of ether oxygens (including phenoxy) is 2. The lowest BCUT2D eigenvalue weighted by molar-refractivity contribution is 0.102. The van der Waals surface area contributed by atoms with Crippen LogP contribution in [0.3, 0.4) is 0 Å². The maximum absolute atomic E-state index is 12.7. The van der Waals surface area contributed by atoms with Crippen LogP contribution < -0.4 is 15.0 Å². The van der Waals surface area contributed by atoms with Crippen molar-refractivity contribution in [3.8, 4) is 17.3 Å². The lowest BCUT2D eigenvalue weighted by Crippen LogP contribution is -2.36. The summed E-state index contributed by atoms with van der Waals surface area (Å²) in [4.78, 5) is 23.1. The van der Waals surface area contributed by atoms with E-state index in [4.69, 9.17) is 26.1 Å². The molecule has 0 bridgehead atoms. The smallest absolute Gasteiger partial charge is 0.256 e. The number of halogens is 1. The van der Waals surface area contributed by atoms with Gasteiger partial charge in [0.05, 0.1) is 36.4 Å². The van der Waals surface area contributed by atoms with Crippen molar-refractivity contribution in [1.82, 2.24) is 19.7 Å². The molecule has 2 N–H and O–H groups in total. The zero-order valence-corrected chi connectivity index (χ0v) is 19.0. The first kappa shape index (κ1) is 21.3. The minimum atomic E-state index is -0.316. The topological polar surface area (TPSA) is 97.3 Å². The van der Waals surface area contributed by atoms with Crippen molar-refractivity contribution < 1.29 is 14.3 Å². The number of benzene rings is 2. The number of amides is 1. The summed E-state index contributed by atoms with van der Waals surface area (Å²) in [5, 5.41) is 7.59. The van der Waals surface area contributed by atoms with Gasteiger partial charge in [0.25, 0.3) is 5.91 Å². The lowest BCUT2D eigenvalue weighted by Gasteiger charge is -2.28. The Labute approximate surface area is 195 Å². The highest BCUT2D eigenvalue weighted by Gasteiger charge is 2.17. The highest BCUT2D eigenvalue weighted by atomic mass is 35.5. The number of methoxy groups -OCH3 is 1. The number of aryl methyl sites for hydroxylation is 1. The van der Waals surface area contributed by atoms with E-state index in [9.17, 15) is 4.79 Å². The van der Waals surface area contributed by atoms with Crippen molar-refractivity contribution in [1.29, 1.82) is 0 Å². The van der Waals surface area contributed by atoms with E-state index in [0.717, 1.165) is 48.7 Å². The highest BCUT2D eigenvalue weighted by Crippen LogP contribution is 2.27. The quantitative estimate of drug-likeness (QED) is 0.465. The summed E-state index contributed by atoms with van der Waals surface area (Å²) >= 11 is 6.14. The molecule has 2 aromatic heterocycles. The fourth-order valence-electron chi connectivity index (χ4n) is 3.88. The Hall–Kier alpha value is -3.56. The van der Waals surface area contributed by atoms with Gasteiger partial charge in [-0.1, -0.05) is 11.6 Å². The second-order valence-corrected chi connectivity index (χ2v) is 8.14. The summed E-state index contributed by atoms with van der Waals surface area (Å²) in [6.07, 6.45) is 0. The molecule has 1 saturated heterocycles. The number of fused-ring (bicyclic) bond motifs is 1. The van der Waals surface area contributed by atoms with E-state index < -0.39 is 0 Å². The minimum absolute atomic E-state index is 0.316. The summed E-state index contributed by atoms with van der Waals surface area (Å²) in [5.41, 5.74) is 4.09. The highest BCUT2D eigenvalue weighted by molar-refractivity contribution is 6.32. The first-order valence-corrected chi connectivity index (χ1v) is 10.9. The fraction of sp³-hybridized carbons (Fsp3) is 0.261. The number of aromatic amines is 1. The molecule has 1 fully saturated rings. The van der Waals surface area contributed by atoms with Crippen LogP contribution >= 0.6 is 11.6 Å². The van der Waals surface area contributed by atoms with Gasteiger partial charge < -0.3 is 24.7 Å². The second-order valence-electron chi connectivity index (χ2n) is 7.73. The molecule has 2 aromatic carbocycles. The molecule has 9 nitrogen and oxygen atoms in total. The van der Waals surface area contributed by atoms with Crippen molar-refractivity contribution >= 4 is 40.0 Å². The predicted molar refractivity (Wildman–Crippen MR) is 127 cm³/mol. The van der Waals surface area contributed by atoms with Gasteiger partial charge in [-0.2, -0.15) is 5.10 Å². The van der Waals surface area contributed by atoms with E-state index >= 15 is 0 Å². The Morgan fingerprint density at radius 3 is 2.76 bits per heavy atom. The van der Waals surface area contributed by atoms with Crippen molar-refractivity contribution in [3.05, 3.63) is 53.1 Å². The minimum Gasteiger partial charge on any atom is -0.495 e. The number of carbonyl (C=O) groups excluding carboxylic acids is 1. The third-order valence-corrected chi connectivity index (χ3v) is 5.92. The van der Waals surface area contributed by atoms with Crippen molar-refractivity contribution in [2.75, 3.05) is 43.6 Å². The van der Waals surface area contributed by atoms with E-state index in [0.29, 0.717) is 28.0 Å². The molecule has 0 spiro atoms. The Kier molecular flexibility index (Phi) is 5.65. The molecule has 5 rings (SSSR count). The number of carbonyl (C=O) groups is 1. The third kappa shape index (κ3) is 4.24. The molecular weight excluding hydrogens is 444 g/mol. The first-order chi connectivity index (χ1) is 16.0. The maximum atomic E-state index is 12.7. The van der Waals surface area contributed by atoms with Gasteiger partial charge in [0.15, 0.2) is 11.6 Å². The van der Waals surface area contributed by atoms with Crippen LogP contribution in [0.5, 0.6) is 5.75 Å². The number of nitrogens with zero attached hydrogens (tertiary/aromatic N) is 4. The van der Waals surface area contributed by atoms with Gasteiger partial charge in [-0.3, -0.25) is 9.48 Å². The van der Waals surface area contributed by atoms with Crippen molar-refractivity contribution in [2.45, 2.75) is 0 Å². The van der Waals surface area contributed by atoms with E-state index in [1.807, 2.05) is 13.1 Å². The zero-order chi connectivity index (χ0) is 22.9. The van der Waals surface area contributed by atoms with E-state index in [2.05, 4.69) is 32.4 Å².